The summed E-state index contributed by atoms with van der Waals surface area (Å²) in [6.07, 6.45) is 6.07. The summed E-state index contributed by atoms with van der Waals surface area (Å²) in [5.41, 5.74) is 3.75. The number of pyridine rings is 2. The molecule has 1 aliphatic carbocycles. The van der Waals surface area contributed by atoms with Crippen LogP contribution in [0.15, 0.2) is 54.9 Å². The summed E-state index contributed by atoms with van der Waals surface area (Å²) in [4.78, 5) is 24.0. The smallest absolute Gasteiger partial charge is 0.254 e. The van der Waals surface area contributed by atoms with Crippen molar-refractivity contribution < 1.29 is 9.90 Å². The molecule has 1 saturated heterocycles. The van der Waals surface area contributed by atoms with Gasteiger partial charge in [0.1, 0.15) is 0 Å². The third-order valence-electron chi connectivity index (χ3n) is 5.90. The number of likely N-dealkylation sites (tertiary alicyclic amines) is 1. The van der Waals surface area contributed by atoms with E-state index in [0.717, 1.165) is 41.4 Å². The minimum atomic E-state index is -0.506. The van der Waals surface area contributed by atoms with E-state index in [1.807, 2.05) is 42.5 Å². The van der Waals surface area contributed by atoms with E-state index < -0.39 is 6.10 Å². The maximum Gasteiger partial charge on any atom is 0.254 e. The number of carbonyl (C=O) groups excluding carboxylic acids is 1. The van der Waals surface area contributed by atoms with Crippen LogP contribution >= 0.6 is 0 Å². The molecule has 2 atom stereocenters. The Hall–Kier alpha value is -2.79. The number of hydrogen-bond acceptors (Lipinski definition) is 4. The molecular formula is C23H23N3O2. The Morgan fingerprint density at radius 3 is 2.68 bits per heavy atom. The largest absolute Gasteiger partial charge is 0.391 e. The SMILES string of the molecule is O=C(c1cc(C2CC2)nc2ccccc12)N1C[C@@H](Cc2ccncc2)[C@@H](O)C1. The lowest BCUT2D eigenvalue weighted by Crippen LogP contribution is -2.30. The van der Waals surface area contributed by atoms with Crippen LogP contribution < -0.4 is 0 Å². The van der Waals surface area contributed by atoms with Crippen molar-refractivity contribution in [3.63, 3.8) is 0 Å². The minimum Gasteiger partial charge on any atom is -0.391 e. The number of β-amino-alcohol motifs (C(OH)–C–C–N with tert-alkyl or cyclic N) is 1. The molecule has 142 valence electrons. The summed E-state index contributed by atoms with van der Waals surface area (Å²) in [5, 5.41) is 11.5. The average molecular weight is 373 g/mol. The van der Waals surface area contributed by atoms with Gasteiger partial charge in [-0.1, -0.05) is 18.2 Å². The highest BCUT2D eigenvalue weighted by Crippen LogP contribution is 2.40. The zero-order valence-electron chi connectivity index (χ0n) is 15.7. The van der Waals surface area contributed by atoms with Crippen molar-refractivity contribution >= 4 is 16.8 Å². The molecule has 1 N–H and O–H groups in total. The molecule has 5 nitrogen and oxygen atoms in total. The third kappa shape index (κ3) is 3.27. The second kappa shape index (κ2) is 6.99. The number of benzene rings is 1. The monoisotopic (exact) mass is 373 g/mol. The molecule has 2 aliphatic rings. The number of amides is 1. The van der Waals surface area contributed by atoms with E-state index in [1.165, 1.54) is 0 Å². The lowest BCUT2D eigenvalue weighted by molar-refractivity contribution is 0.0766. The van der Waals surface area contributed by atoms with Crippen LogP contribution in [0.25, 0.3) is 10.9 Å². The van der Waals surface area contributed by atoms with E-state index in [2.05, 4.69) is 4.98 Å². The van der Waals surface area contributed by atoms with Crippen molar-refractivity contribution in [2.24, 2.45) is 5.92 Å². The summed E-state index contributed by atoms with van der Waals surface area (Å²) >= 11 is 0. The summed E-state index contributed by atoms with van der Waals surface area (Å²) in [6, 6.07) is 13.8. The lowest BCUT2D eigenvalue weighted by Gasteiger charge is -2.18. The molecule has 28 heavy (non-hydrogen) atoms. The van der Waals surface area contributed by atoms with Crippen LogP contribution in [0.1, 0.15) is 40.4 Å². The van der Waals surface area contributed by atoms with Gasteiger partial charge in [0.25, 0.3) is 5.91 Å². The average Bonchev–Trinajstić information content (AvgIpc) is 3.52. The van der Waals surface area contributed by atoms with Gasteiger partial charge in [0, 0.05) is 48.4 Å². The standard InChI is InChI=1S/C23H23N3O2/c27-22-14-26(13-17(22)11-15-7-9-24-10-8-15)23(28)19-12-21(16-5-6-16)25-20-4-2-1-3-18(19)20/h1-4,7-10,12,16-17,22,27H,5-6,11,13-14H2/t17-,22+/m1/s1. The van der Waals surface area contributed by atoms with Crippen LogP contribution in [0.5, 0.6) is 0 Å². The Kier molecular flexibility index (Phi) is 4.32. The number of para-hydroxylation sites is 1. The molecule has 2 aromatic heterocycles. The van der Waals surface area contributed by atoms with Gasteiger partial charge in [-0.15, -0.1) is 0 Å². The van der Waals surface area contributed by atoms with Gasteiger partial charge >= 0.3 is 0 Å². The number of nitrogens with zero attached hydrogens (tertiary/aromatic N) is 3. The summed E-state index contributed by atoms with van der Waals surface area (Å²) in [5.74, 6) is 0.527. The molecule has 1 saturated carbocycles. The Labute approximate surface area is 164 Å². The molecule has 3 heterocycles. The predicted octanol–water partition coefficient (Wildman–Crippen LogP) is 3.18. The molecule has 0 spiro atoms. The highest BCUT2D eigenvalue weighted by molar-refractivity contribution is 6.06. The molecule has 0 unspecified atom stereocenters. The highest BCUT2D eigenvalue weighted by atomic mass is 16.3. The Balaban J connectivity index is 1.42. The van der Waals surface area contributed by atoms with Gasteiger partial charge in [0.2, 0.25) is 0 Å². The summed E-state index contributed by atoms with van der Waals surface area (Å²) < 4.78 is 0. The minimum absolute atomic E-state index is 0.00298. The van der Waals surface area contributed by atoms with Gasteiger partial charge in [-0.3, -0.25) is 14.8 Å². The van der Waals surface area contributed by atoms with Crippen LogP contribution in [-0.4, -0.2) is 45.1 Å². The molecule has 1 aliphatic heterocycles. The van der Waals surface area contributed by atoms with Crippen LogP contribution in [0.2, 0.25) is 0 Å². The van der Waals surface area contributed by atoms with Gasteiger partial charge in [-0.2, -0.15) is 0 Å². The molecule has 3 aromatic rings. The molecule has 5 rings (SSSR count). The van der Waals surface area contributed by atoms with Crippen molar-refractivity contribution in [2.45, 2.75) is 31.3 Å². The first kappa shape index (κ1) is 17.3. The fourth-order valence-electron chi connectivity index (χ4n) is 4.17. The van der Waals surface area contributed by atoms with E-state index in [4.69, 9.17) is 4.98 Å². The number of aliphatic hydroxyl groups excluding tert-OH is 1. The normalized spacial score (nSPS) is 22.0. The van der Waals surface area contributed by atoms with Crippen molar-refractivity contribution in [3.05, 3.63) is 71.7 Å². The van der Waals surface area contributed by atoms with Crippen LogP contribution in [-0.2, 0) is 6.42 Å². The van der Waals surface area contributed by atoms with E-state index in [1.54, 1.807) is 17.3 Å². The molecule has 0 radical (unpaired) electrons. The van der Waals surface area contributed by atoms with E-state index in [0.29, 0.717) is 24.6 Å². The van der Waals surface area contributed by atoms with Gasteiger partial charge in [0.05, 0.1) is 17.2 Å². The Bertz CT molecular complexity index is 1020. The molecule has 5 heteroatoms. The van der Waals surface area contributed by atoms with E-state index >= 15 is 0 Å². The highest BCUT2D eigenvalue weighted by Gasteiger charge is 2.35. The number of rotatable bonds is 4. The van der Waals surface area contributed by atoms with Gasteiger partial charge < -0.3 is 10.0 Å². The zero-order valence-corrected chi connectivity index (χ0v) is 15.7. The van der Waals surface area contributed by atoms with Gasteiger partial charge in [0.15, 0.2) is 0 Å². The number of hydrogen-bond donors (Lipinski definition) is 1. The molecule has 1 aromatic carbocycles. The van der Waals surface area contributed by atoms with Crippen molar-refractivity contribution in [1.29, 1.82) is 0 Å². The number of aliphatic hydroxyl groups is 1. The van der Waals surface area contributed by atoms with Gasteiger partial charge in [-0.25, -0.2) is 0 Å². The molecule has 0 bridgehead atoms. The van der Waals surface area contributed by atoms with Crippen LogP contribution in [0.4, 0.5) is 0 Å². The second-order valence-electron chi connectivity index (χ2n) is 7.98. The molecular weight excluding hydrogens is 350 g/mol. The van der Waals surface area contributed by atoms with Crippen molar-refractivity contribution in [2.75, 3.05) is 13.1 Å². The van der Waals surface area contributed by atoms with Crippen molar-refractivity contribution in [1.82, 2.24) is 14.9 Å². The zero-order chi connectivity index (χ0) is 19.1. The summed E-state index contributed by atoms with van der Waals surface area (Å²) in [7, 11) is 0. The maximum atomic E-state index is 13.4. The predicted molar refractivity (Wildman–Crippen MR) is 107 cm³/mol. The third-order valence-corrected chi connectivity index (χ3v) is 5.90. The van der Waals surface area contributed by atoms with Crippen molar-refractivity contribution in [3.8, 4) is 0 Å². The molecule has 1 amide bonds. The summed E-state index contributed by atoms with van der Waals surface area (Å²) in [6.45, 7) is 0.946. The second-order valence-corrected chi connectivity index (χ2v) is 7.98. The topological polar surface area (TPSA) is 66.3 Å². The number of fused-ring (bicyclic) bond motifs is 1. The van der Waals surface area contributed by atoms with E-state index in [-0.39, 0.29) is 11.8 Å². The first-order chi connectivity index (χ1) is 13.7. The number of aromatic nitrogens is 2. The van der Waals surface area contributed by atoms with E-state index in [9.17, 15) is 9.90 Å². The Morgan fingerprint density at radius 2 is 1.89 bits per heavy atom. The first-order valence-corrected chi connectivity index (χ1v) is 9.95. The fraction of sp³-hybridized carbons (Fsp3) is 0.348. The number of carbonyl (C=O) groups is 1. The van der Waals surface area contributed by atoms with Crippen LogP contribution in [0.3, 0.4) is 0 Å². The first-order valence-electron chi connectivity index (χ1n) is 9.95. The maximum absolute atomic E-state index is 13.4. The molecule has 2 fully saturated rings. The fourth-order valence-corrected chi connectivity index (χ4v) is 4.17. The van der Waals surface area contributed by atoms with Gasteiger partial charge in [-0.05, 0) is 49.1 Å². The van der Waals surface area contributed by atoms with Crippen LogP contribution in [0, 0.1) is 5.92 Å². The quantitative estimate of drug-likeness (QED) is 0.763. The Morgan fingerprint density at radius 1 is 1.11 bits per heavy atom. The lowest BCUT2D eigenvalue weighted by atomic mass is 9.97.